The average molecular weight is 511 g/mol. The first-order valence-corrected chi connectivity index (χ1v) is 14.2. The summed E-state index contributed by atoms with van der Waals surface area (Å²) >= 11 is 0. The minimum Gasteiger partial charge on any atom is -0.362 e. The Hall–Kier alpha value is -4.09. The third kappa shape index (κ3) is 6.87. The molecule has 1 aliphatic carbocycles. The van der Waals surface area contributed by atoms with Gasteiger partial charge < -0.3 is 5.32 Å². The zero-order chi connectivity index (χ0) is 27.0. The summed E-state index contributed by atoms with van der Waals surface area (Å²) in [5, 5.41) is 3.15. The van der Waals surface area contributed by atoms with E-state index in [4.69, 9.17) is 6.42 Å². The van der Waals surface area contributed by atoms with Crippen molar-refractivity contribution in [2.45, 2.75) is 50.9 Å². The van der Waals surface area contributed by atoms with Gasteiger partial charge in [0.2, 0.25) is 0 Å². The van der Waals surface area contributed by atoms with Gasteiger partial charge in [-0.2, -0.15) is 0 Å². The number of aryl methyl sites for hydroxylation is 1. The second kappa shape index (κ2) is 12.6. The molecular formula is C37H38N2. The number of nitrogens with one attached hydrogen (secondary N) is 1. The van der Waals surface area contributed by atoms with Crippen molar-refractivity contribution in [1.82, 2.24) is 10.3 Å². The topological polar surface area (TPSA) is 24.9 Å². The first-order valence-electron chi connectivity index (χ1n) is 14.2. The lowest BCUT2D eigenvalue weighted by Crippen LogP contribution is -2.23. The first-order chi connectivity index (χ1) is 19.1. The van der Waals surface area contributed by atoms with Crippen molar-refractivity contribution < 1.29 is 0 Å². The van der Waals surface area contributed by atoms with E-state index in [9.17, 15) is 0 Å². The van der Waals surface area contributed by atoms with Crippen LogP contribution in [0.15, 0.2) is 116 Å². The van der Waals surface area contributed by atoms with E-state index in [2.05, 4.69) is 102 Å². The van der Waals surface area contributed by atoms with Crippen LogP contribution in [0.3, 0.4) is 0 Å². The van der Waals surface area contributed by atoms with Gasteiger partial charge in [0.1, 0.15) is 0 Å². The van der Waals surface area contributed by atoms with E-state index in [0.29, 0.717) is 17.8 Å². The molecule has 2 aliphatic rings. The van der Waals surface area contributed by atoms with Crippen LogP contribution in [0.4, 0.5) is 0 Å². The van der Waals surface area contributed by atoms with Crippen LogP contribution in [0.25, 0.3) is 5.57 Å². The zero-order valence-corrected chi connectivity index (χ0v) is 22.8. The van der Waals surface area contributed by atoms with Gasteiger partial charge in [0.15, 0.2) is 0 Å². The number of allylic oxidation sites excluding steroid dienone is 4. The molecule has 196 valence electrons. The van der Waals surface area contributed by atoms with Crippen LogP contribution in [-0.4, -0.2) is 4.98 Å². The summed E-state index contributed by atoms with van der Waals surface area (Å²) in [5.74, 6) is 4.34. The van der Waals surface area contributed by atoms with Crippen LogP contribution in [0.5, 0.6) is 0 Å². The van der Waals surface area contributed by atoms with E-state index in [1.54, 1.807) is 0 Å². The summed E-state index contributed by atoms with van der Waals surface area (Å²) in [6.45, 7) is 8.72. The Morgan fingerprint density at radius 1 is 1.00 bits per heavy atom. The molecule has 0 saturated heterocycles. The Kier molecular flexibility index (Phi) is 8.59. The van der Waals surface area contributed by atoms with Gasteiger partial charge in [0.05, 0.1) is 0 Å². The summed E-state index contributed by atoms with van der Waals surface area (Å²) in [6.07, 6.45) is 21.5. The smallest absolute Gasteiger partial charge is 0.0427 e. The highest BCUT2D eigenvalue weighted by molar-refractivity contribution is 5.77. The Bertz CT molecular complexity index is 1380. The van der Waals surface area contributed by atoms with Crippen molar-refractivity contribution in [1.29, 1.82) is 0 Å². The lowest BCUT2D eigenvalue weighted by molar-refractivity contribution is 0.251. The Balaban J connectivity index is 1.30. The molecule has 1 unspecified atom stereocenters. The van der Waals surface area contributed by atoms with Gasteiger partial charge in [-0.05, 0) is 103 Å². The molecule has 2 heterocycles. The maximum absolute atomic E-state index is 5.50. The molecule has 0 bridgehead atoms. The van der Waals surface area contributed by atoms with Crippen LogP contribution in [0.2, 0.25) is 0 Å². The van der Waals surface area contributed by atoms with Gasteiger partial charge in [0, 0.05) is 35.3 Å². The average Bonchev–Trinajstić information content (AvgIpc) is 2.98. The summed E-state index contributed by atoms with van der Waals surface area (Å²) < 4.78 is 0. The lowest BCUT2D eigenvalue weighted by atomic mass is 9.69. The molecule has 3 aromatic rings. The SMILES string of the molecule is C#Cc1ccc(CC2CCC(C(C(=C)CCc3ccccc3)c3ccc(C4=CC(=C)NC=C4)cc3)CC2)nc1. The molecule has 39 heavy (non-hydrogen) atoms. The summed E-state index contributed by atoms with van der Waals surface area (Å²) in [4.78, 5) is 4.60. The number of terminal acetylenes is 1. The van der Waals surface area contributed by atoms with Crippen molar-refractivity contribution in [3.8, 4) is 12.3 Å². The molecule has 2 heteroatoms. The Morgan fingerprint density at radius 2 is 1.77 bits per heavy atom. The largest absolute Gasteiger partial charge is 0.362 e. The summed E-state index contributed by atoms with van der Waals surface area (Å²) in [7, 11) is 0. The monoisotopic (exact) mass is 510 g/mol. The number of benzene rings is 2. The van der Waals surface area contributed by atoms with Crippen LogP contribution in [0.1, 0.15) is 66.0 Å². The second-order valence-electron chi connectivity index (χ2n) is 11.0. The molecular weight excluding hydrogens is 472 g/mol. The van der Waals surface area contributed by atoms with Crippen molar-refractivity contribution in [2.24, 2.45) is 11.8 Å². The fraction of sp³-hybridized carbons (Fsp3) is 0.270. The second-order valence-corrected chi connectivity index (χ2v) is 11.0. The lowest BCUT2D eigenvalue weighted by Gasteiger charge is -2.35. The van der Waals surface area contributed by atoms with Crippen LogP contribution in [0, 0.1) is 24.2 Å². The standard InChI is InChI=1S/C37H38N2/c1-4-29-14-21-36(39-26-29)25-31-12-15-33(16-13-31)37(27(2)10-11-30-8-6-5-7-9-30)34-19-17-32(18-20-34)35-22-23-38-28(3)24-35/h1,5-9,14,17-24,26,31,33,37-38H,2-3,10-13,15-16,25H2. The highest BCUT2D eigenvalue weighted by Crippen LogP contribution is 2.43. The van der Waals surface area contributed by atoms with Crippen LogP contribution < -0.4 is 5.32 Å². The molecule has 2 nitrogen and oxygen atoms in total. The molecule has 1 saturated carbocycles. The van der Waals surface area contributed by atoms with E-state index < -0.39 is 0 Å². The quantitative estimate of drug-likeness (QED) is 0.231. The van der Waals surface area contributed by atoms with E-state index in [1.165, 1.54) is 53.5 Å². The molecule has 5 rings (SSSR count). The molecule has 0 radical (unpaired) electrons. The number of hydrogen-bond donors (Lipinski definition) is 1. The third-order valence-corrected chi connectivity index (χ3v) is 8.33. The predicted molar refractivity (Wildman–Crippen MR) is 164 cm³/mol. The predicted octanol–water partition coefficient (Wildman–Crippen LogP) is 8.40. The van der Waals surface area contributed by atoms with Gasteiger partial charge in [-0.25, -0.2) is 0 Å². The normalized spacial score (nSPS) is 19.5. The highest BCUT2D eigenvalue weighted by Gasteiger charge is 2.30. The number of nitrogens with zero attached hydrogens (tertiary/aromatic N) is 1. The molecule has 1 fully saturated rings. The molecule has 0 amide bonds. The van der Waals surface area contributed by atoms with Crippen molar-refractivity contribution in [3.05, 3.63) is 144 Å². The molecule has 1 atom stereocenters. The van der Waals surface area contributed by atoms with E-state index >= 15 is 0 Å². The van der Waals surface area contributed by atoms with E-state index in [1.807, 2.05) is 18.5 Å². The Labute approximate surface area is 234 Å². The van der Waals surface area contributed by atoms with E-state index in [0.717, 1.165) is 36.2 Å². The molecule has 1 N–H and O–H groups in total. The van der Waals surface area contributed by atoms with Gasteiger partial charge in [0.25, 0.3) is 0 Å². The van der Waals surface area contributed by atoms with Crippen LogP contribution in [-0.2, 0) is 12.8 Å². The minimum atomic E-state index is 0.379. The molecule has 1 aliphatic heterocycles. The molecule has 2 aromatic carbocycles. The fourth-order valence-corrected chi connectivity index (χ4v) is 6.18. The zero-order valence-electron chi connectivity index (χ0n) is 22.8. The fourth-order valence-electron chi connectivity index (χ4n) is 6.18. The number of hydrogen-bond acceptors (Lipinski definition) is 2. The van der Waals surface area contributed by atoms with Gasteiger partial charge in [-0.1, -0.05) is 79.2 Å². The van der Waals surface area contributed by atoms with E-state index in [-0.39, 0.29) is 0 Å². The first kappa shape index (κ1) is 26.5. The van der Waals surface area contributed by atoms with Crippen molar-refractivity contribution in [2.75, 3.05) is 0 Å². The molecule has 0 spiro atoms. The minimum absolute atomic E-state index is 0.379. The number of rotatable bonds is 9. The Morgan fingerprint density at radius 3 is 2.44 bits per heavy atom. The van der Waals surface area contributed by atoms with Gasteiger partial charge in [-0.15, -0.1) is 6.42 Å². The third-order valence-electron chi connectivity index (χ3n) is 8.33. The maximum Gasteiger partial charge on any atom is 0.0427 e. The van der Waals surface area contributed by atoms with Gasteiger partial charge in [-0.3, -0.25) is 4.98 Å². The summed E-state index contributed by atoms with van der Waals surface area (Å²) in [5.41, 5.74) is 9.46. The van der Waals surface area contributed by atoms with Gasteiger partial charge >= 0.3 is 0 Å². The highest BCUT2D eigenvalue weighted by atomic mass is 14.8. The van der Waals surface area contributed by atoms with Crippen molar-refractivity contribution >= 4 is 5.57 Å². The maximum atomic E-state index is 5.50. The number of dihydropyridines is 1. The molecule has 1 aromatic heterocycles. The van der Waals surface area contributed by atoms with Crippen molar-refractivity contribution in [3.63, 3.8) is 0 Å². The number of aromatic nitrogens is 1. The van der Waals surface area contributed by atoms with Crippen LogP contribution >= 0.6 is 0 Å². The number of pyridine rings is 1. The summed E-state index contributed by atoms with van der Waals surface area (Å²) in [6, 6.07) is 24.1.